The molecule has 0 unspecified atom stereocenters. The summed E-state index contributed by atoms with van der Waals surface area (Å²) in [5.74, 6) is 0. The van der Waals surface area contributed by atoms with E-state index in [2.05, 4.69) is 59.6 Å². The van der Waals surface area contributed by atoms with Gasteiger partial charge in [0.05, 0.1) is 24.1 Å². The molecule has 0 aliphatic rings. The Hall–Kier alpha value is -2.99. The van der Waals surface area contributed by atoms with E-state index in [1.807, 2.05) is 12.1 Å². The van der Waals surface area contributed by atoms with E-state index in [0.717, 1.165) is 30.4 Å². The Balaban J connectivity index is 1.86. The summed E-state index contributed by atoms with van der Waals surface area (Å²) >= 11 is 0. The quantitative estimate of drug-likeness (QED) is 0.407. The summed E-state index contributed by atoms with van der Waals surface area (Å²) in [5, 5.41) is 16.9. The highest BCUT2D eigenvalue weighted by molar-refractivity contribution is 5.82. The smallest absolute Gasteiger partial charge is 0.0991 e. The molecule has 0 fully saturated rings. The molecule has 0 heterocycles. The summed E-state index contributed by atoms with van der Waals surface area (Å²) in [6, 6.07) is 17.7. The van der Waals surface area contributed by atoms with E-state index in [4.69, 9.17) is 5.26 Å². The molecule has 2 aromatic carbocycles. The third-order valence-corrected chi connectivity index (χ3v) is 3.50. The van der Waals surface area contributed by atoms with Crippen molar-refractivity contribution < 1.29 is 0 Å². The molecular formula is C21H21N3. The molecule has 0 radical (unpaired) electrons. The lowest BCUT2D eigenvalue weighted by atomic mass is 10.1. The lowest BCUT2D eigenvalue weighted by molar-refractivity contribution is 0.992. The molecule has 24 heavy (non-hydrogen) atoms. The van der Waals surface area contributed by atoms with Crippen LogP contribution in [0.3, 0.4) is 0 Å². The van der Waals surface area contributed by atoms with Gasteiger partial charge in [0, 0.05) is 0 Å². The predicted molar refractivity (Wildman–Crippen MR) is 101 cm³/mol. The van der Waals surface area contributed by atoms with E-state index in [1.54, 1.807) is 24.6 Å². The van der Waals surface area contributed by atoms with Gasteiger partial charge in [-0.2, -0.15) is 15.5 Å². The minimum Gasteiger partial charge on any atom is -0.192 e. The van der Waals surface area contributed by atoms with Crippen molar-refractivity contribution in [1.82, 2.24) is 0 Å². The van der Waals surface area contributed by atoms with E-state index in [0.29, 0.717) is 5.56 Å². The maximum absolute atomic E-state index is 8.75. The van der Waals surface area contributed by atoms with Crippen LogP contribution in [-0.2, 0) is 6.42 Å². The minimum absolute atomic E-state index is 0.640. The van der Waals surface area contributed by atoms with Crippen LogP contribution in [0.1, 0.15) is 42.0 Å². The average Bonchev–Trinajstić information content (AvgIpc) is 2.64. The van der Waals surface area contributed by atoms with Crippen LogP contribution in [0.5, 0.6) is 0 Å². The summed E-state index contributed by atoms with van der Waals surface area (Å²) in [4.78, 5) is 0. The van der Waals surface area contributed by atoms with Crippen molar-refractivity contribution >= 4 is 12.4 Å². The van der Waals surface area contributed by atoms with Crippen molar-refractivity contribution in [2.24, 2.45) is 10.2 Å². The molecule has 3 nitrogen and oxygen atoms in total. The van der Waals surface area contributed by atoms with E-state index in [-0.39, 0.29) is 0 Å². The molecule has 2 rings (SSSR count). The first-order valence-electron chi connectivity index (χ1n) is 8.12. The van der Waals surface area contributed by atoms with Gasteiger partial charge in [-0.15, -0.1) is 0 Å². The lowest BCUT2D eigenvalue weighted by Crippen LogP contribution is -1.86. The Morgan fingerprint density at radius 1 is 0.875 bits per heavy atom. The normalized spacial score (nSPS) is 11.5. The highest BCUT2D eigenvalue weighted by Gasteiger charge is 1.92. The van der Waals surface area contributed by atoms with Crippen molar-refractivity contribution in [2.75, 3.05) is 0 Å². The average molecular weight is 315 g/mol. The third kappa shape index (κ3) is 6.02. The zero-order valence-corrected chi connectivity index (χ0v) is 13.9. The van der Waals surface area contributed by atoms with E-state index < -0.39 is 0 Å². The Bertz CT molecular complexity index is 745. The zero-order chi connectivity index (χ0) is 17.0. The first-order valence-corrected chi connectivity index (χ1v) is 8.12. The summed E-state index contributed by atoms with van der Waals surface area (Å²) in [6.45, 7) is 2.15. The topological polar surface area (TPSA) is 48.5 Å². The number of benzene rings is 2. The number of hydrogen-bond acceptors (Lipinski definition) is 3. The Kier molecular flexibility index (Phi) is 7.17. The van der Waals surface area contributed by atoms with Gasteiger partial charge in [0.2, 0.25) is 0 Å². The van der Waals surface area contributed by atoms with Gasteiger partial charge in [0.15, 0.2) is 0 Å². The van der Waals surface area contributed by atoms with E-state index in [1.165, 1.54) is 5.56 Å². The largest absolute Gasteiger partial charge is 0.192 e. The minimum atomic E-state index is 0.640. The van der Waals surface area contributed by atoms with Crippen LogP contribution in [0.25, 0.3) is 0 Å². The Labute approximate surface area is 143 Å². The molecule has 0 atom stereocenters. The molecule has 0 spiro atoms. The van der Waals surface area contributed by atoms with Crippen LogP contribution >= 0.6 is 0 Å². The number of nitrogens with zero attached hydrogens (tertiary/aromatic N) is 3. The summed E-state index contributed by atoms with van der Waals surface area (Å²) < 4.78 is 0. The number of allylic oxidation sites excluding steroid dienone is 2. The number of hydrogen-bond donors (Lipinski definition) is 0. The zero-order valence-electron chi connectivity index (χ0n) is 13.9. The van der Waals surface area contributed by atoms with Crippen molar-refractivity contribution in [2.45, 2.75) is 26.2 Å². The number of aryl methyl sites for hydroxylation is 1. The summed E-state index contributed by atoms with van der Waals surface area (Å²) in [5.41, 5.74) is 3.91. The Morgan fingerprint density at radius 2 is 1.46 bits per heavy atom. The second-order valence-corrected chi connectivity index (χ2v) is 5.38. The lowest BCUT2D eigenvalue weighted by Gasteiger charge is -1.99. The van der Waals surface area contributed by atoms with Gasteiger partial charge in [-0.3, -0.25) is 0 Å². The molecule has 0 saturated heterocycles. The molecule has 0 amide bonds. The van der Waals surface area contributed by atoms with Gasteiger partial charge in [0.25, 0.3) is 0 Å². The molecule has 0 bridgehead atoms. The number of nitriles is 1. The molecule has 0 aromatic heterocycles. The van der Waals surface area contributed by atoms with Crippen LogP contribution in [0.15, 0.2) is 70.9 Å². The van der Waals surface area contributed by atoms with Gasteiger partial charge < -0.3 is 0 Å². The fraction of sp³-hybridized carbons (Fsp3) is 0.190. The maximum Gasteiger partial charge on any atom is 0.0991 e. The van der Waals surface area contributed by atoms with Crippen LogP contribution < -0.4 is 0 Å². The monoisotopic (exact) mass is 315 g/mol. The van der Waals surface area contributed by atoms with Crippen LogP contribution in [0.4, 0.5) is 0 Å². The predicted octanol–water partition coefficient (Wildman–Crippen LogP) is 4.91. The highest BCUT2D eigenvalue weighted by Crippen LogP contribution is 2.06. The van der Waals surface area contributed by atoms with Gasteiger partial charge in [0.1, 0.15) is 0 Å². The summed E-state index contributed by atoms with van der Waals surface area (Å²) in [7, 11) is 0. The van der Waals surface area contributed by atoms with E-state index in [9.17, 15) is 0 Å². The first kappa shape index (κ1) is 17.4. The van der Waals surface area contributed by atoms with E-state index >= 15 is 0 Å². The van der Waals surface area contributed by atoms with Gasteiger partial charge in [-0.05, 0) is 48.1 Å². The SMILES string of the molecule is CC/C=C/CCc1ccc(/C=N/N=C/c2ccc(C#N)cc2)cc1. The molecule has 0 N–H and O–H groups in total. The Morgan fingerprint density at radius 3 is 2.00 bits per heavy atom. The molecule has 3 heteroatoms. The fourth-order valence-electron chi connectivity index (χ4n) is 2.15. The molecule has 0 saturated carbocycles. The second kappa shape index (κ2) is 9.91. The van der Waals surface area contributed by atoms with Crippen LogP contribution in [-0.4, -0.2) is 12.4 Å². The van der Waals surface area contributed by atoms with Gasteiger partial charge >= 0.3 is 0 Å². The summed E-state index contributed by atoms with van der Waals surface area (Å²) in [6.07, 6.45) is 11.1. The third-order valence-electron chi connectivity index (χ3n) is 3.50. The van der Waals surface area contributed by atoms with Gasteiger partial charge in [-0.1, -0.05) is 55.5 Å². The van der Waals surface area contributed by atoms with Crippen molar-refractivity contribution in [3.63, 3.8) is 0 Å². The molecule has 120 valence electrons. The van der Waals surface area contributed by atoms with Crippen LogP contribution in [0, 0.1) is 11.3 Å². The van der Waals surface area contributed by atoms with Crippen molar-refractivity contribution in [1.29, 1.82) is 5.26 Å². The molecule has 2 aromatic rings. The second-order valence-electron chi connectivity index (χ2n) is 5.38. The van der Waals surface area contributed by atoms with Crippen molar-refractivity contribution in [3.8, 4) is 6.07 Å². The van der Waals surface area contributed by atoms with Crippen LogP contribution in [0.2, 0.25) is 0 Å². The van der Waals surface area contributed by atoms with Gasteiger partial charge in [-0.25, -0.2) is 0 Å². The number of rotatable bonds is 7. The molecule has 0 aliphatic heterocycles. The fourth-order valence-corrected chi connectivity index (χ4v) is 2.15. The van der Waals surface area contributed by atoms with Crippen molar-refractivity contribution in [3.05, 3.63) is 82.9 Å². The first-order chi connectivity index (χ1) is 11.8. The molecule has 0 aliphatic carbocycles. The highest BCUT2D eigenvalue weighted by atomic mass is 15.2. The maximum atomic E-state index is 8.75. The molecular weight excluding hydrogens is 294 g/mol. The standard InChI is InChI=1S/C21H21N3/c1-2-3-4-5-6-18-7-11-20(12-8-18)16-23-24-17-21-13-9-19(15-22)10-14-21/h3-4,7-14,16-17H,2,5-6H2,1H3/b4-3+,23-16+,24-17+.